The molecule has 3 aromatic heterocycles. The number of hydrogen-bond acceptors (Lipinski definition) is 8. The van der Waals surface area contributed by atoms with Gasteiger partial charge < -0.3 is 9.84 Å². The van der Waals surface area contributed by atoms with E-state index in [2.05, 4.69) is 20.0 Å². The number of fused-ring (bicyclic) bond motifs is 1. The summed E-state index contributed by atoms with van der Waals surface area (Å²) in [5.41, 5.74) is 2.33. The molecule has 30 heavy (non-hydrogen) atoms. The number of benzene rings is 1. The molecule has 0 atom stereocenters. The van der Waals surface area contributed by atoms with Gasteiger partial charge >= 0.3 is 5.97 Å². The van der Waals surface area contributed by atoms with Crippen LogP contribution < -0.4 is 5.01 Å². The van der Waals surface area contributed by atoms with Crippen LogP contribution >= 0.6 is 11.3 Å². The van der Waals surface area contributed by atoms with Crippen molar-refractivity contribution in [1.29, 1.82) is 0 Å². The van der Waals surface area contributed by atoms with Crippen LogP contribution in [0.2, 0.25) is 0 Å². The maximum Gasteiger partial charge on any atom is 0.347 e. The Bertz CT molecular complexity index is 1190. The summed E-state index contributed by atoms with van der Waals surface area (Å²) < 4.78 is 7.42. The number of imidazole rings is 1. The largest absolute Gasteiger partial charge is 0.477 e. The molecule has 0 unspecified atom stereocenters. The van der Waals surface area contributed by atoms with E-state index in [-0.39, 0.29) is 4.88 Å². The number of anilines is 2. The monoisotopic (exact) mass is 422 g/mol. The number of ether oxygens (including phenoxy) is 1. The van der Waals surface area contributed by atoms with Crippen molar-refractivity contribution in [2.45, 2.75) is 0 Å². The van der Waals surface area contributed by atoms with Gasteiger partial charge in [-0.05, 0) is 12.1 Å². The fourth-order valence-electron chi connectivity index (χ4n) is 3.45. The third-order valence-corrected chi connectivity index (χ3v) is 5.82. The van der Waals surface area contributed by atoms with Crippen LogP contribution in [0.15, 0.2) is 55.1 Å². The molecule has 0 aliphatic carbocycles. The Morgan fingerprint density at radius 1 is 1.10 bits per heavy atom. The first-order chi connectivity index (χ1) is 14.7. The molecule has 0 amide bonds. The van der Waals surface area contributed by atoms with E-state index in [1.54, 1.807) is 12.4 Å². The molecule has 5 rings (SSSR count). The summed E-state index contributed by atoms with van der Waals surface area (Å²) in [7, 11) is 0. The summed E-state index contributed by atoms with van der Waals surface area (Å²) in [6, 6.07) is 10.0. The molecule has 4 heterocycles. The van der Waals surface area contributed by atoms with Crippen LogP contribution in [0.25, 0.3) is 16.3 Å². The molecule has 152 valence electrons. The highest BCUT2D eigenvalue weighted by atomic mass is 32.1. The highest BCUT2D eigenvalue weighted by Crippen LogP contribution is 2.32. The van der Waals surface area contributed by atoms with Gasteiger partial charge in [0.2, 0.25) is 0 Å². The number of thiazole rings is 1. The predicted octanol–water partition coefficient (Wildman–Crippen LogP) is 2.94. The molecule has 1 aliphatic rings. The Kier molecular flexibility index (Phi) is 4.87. The van der Waals surface area contributed by atoms with Crippen LogP contribution in [0, 0.1) is 0 Å². The van der Waals surface area contributed by atoms with Gasteiger partial charge in [-0.25, -0.2) is 24.8 Å². The maximum absolute atomic E-state index is 11.2. The van der Waals surface area contributed by atoms with Crippen molar-refractivity contribution >= 4 is 34.5 Å². The minimum absolute atomic E-state index is 0.182. The standard InChI is InChI=1S/C20H18N6O3S/c27-20(28)16-13-23-19(30-16)15-12-22-18(17-21-6-7-25(15)17)26(14-4-2-1-3-5-14)24-8-10-29-11-9-24/h1-7,12-13H,8-11H2,(H,27,28). The highest BCUT2D eigenvalue weighted by Gasteiger charge is 2.25. The van der Waals surface area contributed by atoms with Gasteiger partial charge in [-0.15, -0.1) is 11.3 Å². The summed E-state index contributed by atoms with van der Waals surface area (Å²) in [5.74, 6) is -0.306. The summed E-state index contributed by atoms with van der Waals surface area (Å²) in [4.78, 5) is 25.0. The van der Waals surface area contributed by atoms with Crippen molar-refractivity contribution in [2.24, 2.45) is 0 Å². The van der Waals surface area contributed by atoms with Crippen LogP contribution in [0.5, 0.6) is 0 Å². The van der Waals surface area contributed by atoms with E-state index in [0.717, 1.165) is 30.1 Å². The van der Waals surface area contributed by atoms with Gasteiger partial charge in [-0.2, -0.15) is 0 Å². The Morgan fingerprint density at radius 3 is 2.63 bits per heavy atom. The van der Waals surface area contributed by atoms with E-state index in [1.807, 2.05) is 40.9 Å². The summed E-state index contributed by atoms with van der Waals surface area (Å²) >= 11 is 1.11. The lowest BCUT2D eigenvalue weighted by molar-refractivity contribution is 0.0376. The second-order valence-electron chi connectivity index (χ2n) is 6.64. The first-order valence-electron chi connectivity index (χ1n) is 9.42. The lowest BCUT2D eigenvalue weighted by atomic mass is 10.3. The molecule has 0 bridgehead atoms. The second-order valence-corrected chi connectivity index (χ2v) is 7.67. The number of rotatable bonds is 5. The van der Waals surface area contributed by atoms with E-state index < -0.39 is 5.97 Å². The molecular formula is C20H18N6O3S. The van der Waals surface area contributed by atoms with Gasteiger partial charge in [0.1, 0.15) is 15.6 Å². The zero-order valence-electron chi connectivity index (χ0n) is 15.9. The zero-order valence-corrected chi connectivity index (χ0v) is 16.7. The zero-order chi connectivity index (χ0) is 20.5. The third-order valence-electron chi connectivity index (χ3n) is 4.82. The van der Waals surface area contributed by atoms with Crippen molar-refractivity contribution in [2.75, 3.05) is 31.3 Å². The molecule has 0 saturated carbocycles. The van der Waals surface area contributed by atoms with E-state index >= 15 is 0 Å². The molecule has 9 nitrogen and oxygen atoms in total. The number of carbonyl (C=O) groups is 1. The van der Waals surface area contributed by atoms with Crippen LogP contribution in [-0.2, 0) is 4.74 Å². The van der Waals surface area contributed by atoms with Crippen LogP contribution in [0.4, 0.5) is 11.5 Å². The predicted molar refractivity (Wildman–Crippen MR) is 112 cm³/mol. The highest BCUT2D eigenvalue weighted by molar-refractivity contribution is 7.16. The molecule has 0 spiro atoms. The first-order valence-corrected chi connectivity index (χ1v) is 10.2. The minimum atomic E-state index is -0.993. The SMILES string of the molecule is O=C(O)c1cnc(-c2cnc(N(c3ccccc3)N3CCOCC3)c3nccn23)s1. The van der Waals surface area contributed by atoms with Crippen LogP contribution in [-0.4, -0.2) is 61.7 Å². The van der Waals surface area contributed by atoms with Crippen LogP contribution in [0.1, 0.15) is 9.67 Å². The van der Waals surface area contributed by atoms with Gasteiger partial charge in [-0.1, -0.05) is 18.2 Å². The average molecular weight is 422 g/mol. The van der Waals surface area contributed by atoms with E-state index in [4.69, 9.17) is 9.72 Å². The number of para-hydroxylation sites is 1. The fraction of sp³-hybridized carbons (Fsp3) is 0.200. The summed E-state index contributed by atoms with van der Waals surface area (Å²) in [5, 5.41) is 14.1. The van der Waals surface area contributed by atoms with Gasteiger partial charge in [0, 0.05) is 25.5 Å². The molecule has 10 heteroatoms. The second kappa shape index (κ2) is 7.82. The van der Waals surface area contributed by atoms with Crippen molar-refractivity contribution in [1.82, 2.24) is 24.4 Å². The Labute approximate surface area is 175 Å². The summed E-state index contributed by atoms with van der Waals surface area (Å²) in [6.07, 6.45) is 6.62. The Morgan fingerprint density at radius 2 is 1.90 bits per heavy atom. The third kappa shape index (κ3) is 3.30. The topological polar surface area (TPSA) is 96.1 Å². The Hall–Kier alpha value is -3.34. The number of aromatic carboxylic acids is 1. The molecule has 0 radical (unpaired) electrons. The lowest BCUT2D eigenvalue weighted by Crippen LogP contribution is -2.47. The molecule has 1 saturated heterocycles. The van der Waals surface area contributed by atoms with Crippen LogP contribution in [0.3, 0.4) is 0 Å². The number of hydrogen-bond donors (Lipinski definition) is 1. The van der Waals surface area contributed by atoms with Crippen molar-refractivity contribution < 1.29 is 14.6 Å². The van der Waals surface area contributed by atoms with Crippen molar-refractivity contribution in [3.05, 3.63) is 60.0 Å². The van der Waals surface area contributed by atoms with E-state index in [1.165, 1.54) is 6.20 Å². The number of hydrazine groups is 1. The average Bonchev–Trinajstić information content (AvgIpc) is 3.46. The van der Waals surface area contributed by atoms with Gasteiger partial charge in [0.05, 0.1) is 31.3 Å². The molecule has 1 N–H and O–H groups in total. The minimum Gasteiger partial charge on any atom is -0.477 e. The number of aromatic nitrogens is 4. The first kappa shape index (κ1) is 18.7. The Balaban J connectivity index is 1.64. The summed E-state index contributed by atoms with van der Waals surface area (Å²) in [6.45, 7) is 2.76. The molecule has 4 aromatic rings. The van der Waals surface area contributed by atoms with Gasteiger partial charge in [-0.3, -0.25) is 9.41 Å². The number of morpholine rings is 1. The number of carboxylic acids is 1. The van der Waals surface area contributed by atoms with Gasteiger partial charge in [0.15, 0.2) is 11.5 Å². The fourth-order valence-corrected chi connectivity index (χ4v) is 4.21. The molecular weight excluding hydrogens is 404 g/mol. The van der Waals surface area contributed by atoms with E-state index in [0.29, 0.717) is 35.4 Å². The quantitative estimate of drug-likeness (QED) is 0.524. The molecule has 1 aromatic carbocycles. The normalized spacial score (nSPS) is 14.8. The smallest absolute Gasteiger partial charge is 0.347 e. The van der Waals surface area contributed by atoms with E-state index in [9.17, 15) is 9.90 Å². The van der Waals surface area contributed by atoms with Gasteiger partial charge in [0.25, 0.3) is 0 Å². The maximum atomic E-state index is 11.2. The van der Waals surface area contributed by atoms with Crippen molar-refractivity contribution in [3.8, 4) is 10.7 Å². The number of carboxylic acid groups (broad SMARTS) is 1. The number of nitrogens with zero attached hydrogens (tertiary/aromatic N) is 6. The molecule has 1 aliphatic heterocycles. The van der Waals surface area contributed by atoms with Crippen molar-refractivity contribution in [3.63, 3.8) is 0 Å². The lowest BCUT2D eigenvalue weighted by Gasteiger charge is -2.38. The molecule has 1 fully saturated rings.